The molecule has 2 aromatic rings. The van der Waals surface area contributed by atoms with E-state index in [1.54, 1.807) is 0 Å². The highest BCUT2D eigenvalue weighted by Crippen LogP contribution is 2.23. The Bertz CT molecular complexity index is 954. The number of piperidine rings is 1. The number of halogens is 1. The summed E-state index contributed by atoms with van der Waals surface area (Å²) in [7, 11) is -1.28. The van der Waals surface area contributed by atoms with E-state index in [0.29, 0.717) is 30.7 Å². The zero-order chi connectivity index (χ0) is 17.5. The SMILES string of the molecule is Cn1c(=NC(=O)C2CCN(S(C)(=O)=O)CC2)sc2cc(Br)ccc21. The fourth-order valence-electron chi connectivity index (χ4n) is 2.83. The minimum absolute atomic E-state index is 0.163. The second kappa shape index (κ2) is 6.70. The Balaban J connectivity index is 1.82. The van der Waals surface area contributed by atoms with Gasteiger partial charge in [-0.3, -0.25) is 4.79 Å². The molecular weight excluding hydrogens is 414 g/mol. The predicted molar refractivity (Wildman–Crippen MR) is 98.2 cm³/mol. The maximum Gasteiger partial charge on any atom is 0.251 e. The molecule has 3 rings (SSSR count). The van der Waals surface area contributed by atoms with Gasteiger partial charge in [0.2, 0.25) is 10.0 Å². The number of fused-ring (bicyclic) bond motifs is 1. The number of aromatic nitrogens is 1. The van der Waals surface area contributed by atoms with Crippen molar-refractivity contribution in [3.63, 3.8) is 0 Å². The van der Waals surface area contributed by atoms with E-state index in [1.807, 2.05) is 29.8 Å². The number of rotatable bonds is 2. The molecular formula is C15H18BrN3O3S2. The van der Waals surface area contributed by atoms with Crippen molar-refractivity contribution >= 4 is 53.4 Å². The van der Waals surface area contributed by atoms with E-state index in [4.69, 9.17) is 0 Å². The highest BCUT2D eigenvalue weighted by molar-refractivity contribution is 9.10. The molecule has 130 valence electrons. The lowest BCUT2D eigenvalue weighted by Crippen LogP contribution is -2.39. The van der Waals surface area contributed by atoms with E-state index >= 15 is 0 Å². The standard InChI is InChI=1S/C15H18BrN3O3S2/c1-18-12-4-3-11(16)9-13(12)23-15(18)17-14(20)10-5-7-19(8-6-10)24(2,21)22/h3-4,9-10H,5-8H2,1-2H3. The van der Waals surface area contributed by atoms with Crippen LogP contribution in [0.4, 0.5) is 0 Å². The maximum atomic E-state index is 12.5. The molecule has 9 heteroatoms. The zero-order valence-electron chi connectivity index (χ0n) is 13.4. The normalized spacial score (nSPS) is 18.4. The second-order valence-electron chi connectivity index (χ2n) is 5.94. The number of benzene rings is 1. The van der Waals surface area contributed by atoms with Crippen LogP contribution in [0, 0.1) is 5.92 Å². The van der Waals surface area contributed by atoms with Crippen molar-refractivity contribution in [2.24, 2.45) is 18.0 Å². The molecule has 2 heterocycles. The Hall–Kier alpha value is -1.03. The van der Waals surface area contributed by atoms with Gasteiger partial charge in [0.15, 0.2) is 4.80 Å². The highest BCUT2D eigenvalue weighted by atomic mass is 79.9. The average molecular weight is 432 g/mol. The molecule has 1 aromatic heterocycles. The Morgan fingerprint density at radius 2 is 2.00 bits per heavy atom. The van der Waals surface area contributed by atoms with Gasteiger partial charge in [0.05, 0.1) is 16.5 Å². The van der Waals surface area contributed by atoms with Crippen LogP contribution in [0.25, 0.3) is 10.2 Å². The summed E-state index contributed by atoms with van der Waals surface area (Å²) in [4.78, 5) is 17.4. The smallest absolute Gasteiger partial charge is 0.251 e. The van der Waals surface area contributed by atoms with E-state index in [1.165, 1.54) is 21.9 Å². The number of nitrogens with zero attached hydrogens (tertiary/aromatic N) is 3. The lowest BCUT2D eigenvalue weighted by atomic mass is 9.98. The van der Waals surface area contributed by atoms with Gasteiger partial charge in [-0.25, -0.2) is 12.7 Å². The quantitative estimate of drug-likeness (QED) is 0.730. The fourth-order valence-corrected chi connectivity index (χ4v) is 5.28. The van der Waals surface area contributed by atoms with Crippen LogP contribution in [0.2, 0.25) is 0 Å². The molecule has 0 atom stereocenters. The number of carbonyl (C=O) groups is 1. The lowest BCUT2D eigenvalue weighted by molar-refractivity contribution is -0.122. The van der Waals surface area contributed by atoms with E-state index in [0.717, 1.165) is 14.7 Å². The van der Waals surface area contributed by atoms with Crippen LogP contribution < -0.4 is 4.80 Å². The van der Waals surface area contributed by atoms with Gasteiger partial charge in [0.1, 0.15) is 0 Å². The van der Waals surface area contributed by atoms with Gasteiger partial charge in [-0.05, 0) is 31.0 Å². The third kappa shape index (κ3) is 3.63. The summed E-state index contributed by atoms with van der Waals surface area (Å²) in [6, 6.07) is 5.96. The maximum absolute atomic E-state index is 12.5. The molecule has 0 N–H and O–H groups in total. The Labute approximate surface area is 153 Å². The first-order valence-corrected chi connectivity index (χ1v) is 11.0. The van der Waals surface area contributed by atoms with Crippen molar-refractivity contribution in [2.75, 3.05) is 19.3 Å². The molecule has 0 aliphatic carbocycles. The van der Waals surface area contributed by atoms with Gasteiger partial charge in [-0.15, -0.1) is 0 Å². The summed E-state index contributed by atoms with van der Waals surface area (Å²) >= 11 is 4.92. The summed E-state index contributed by atoms with van der Waals surface area (Å²) in [5, 5.41) is 0. The fraction of sp³-hybridized carbons (Fsp3) is 0.467. The summed E-state index contributed by atoms with van der Waals surface area (Å²) in [6.45, 7) is 0.770. The number of aryl methyl sites for hydroxylation is 1. The van der Waals surface area contributed by atoms with Crippen molar-refractivity contribution in [3.8, 4) is 0 Å². The molecule has 1 saturated heterocycles. The van der Waals surface area contributed by atoms with Crippen LogP contribution in [-0.2, 0) is 21.9 Å². The van der Waals surface area contributed by atoms with Crippen LogP contribution in [0.15, 0.2) is 27.7 Å². The third-order valence-electron chi connectivity index (χ3n) is 4.25. The van der Waals surface area contributed by atoms with Crippen molar-refractivity contribution < 1.29 is 13.2 Å². The first-order chi connectivity index (χ1) is 11.3. The molecule has 0 spiro atoms. The van der Waals surface area contributed by atoms with Crippen molar-refractivity contribution in [2.45, 2.75) is 12.8 Å². The number of hydrogen-bond acceptors (Lipinski definition) is 4. The van der Waals surface area contributed by atoms with E-state index in [-0.39, 0.29) is 11.8 Å². The van der Waals surface area contributed by atoms with E-state index < -0.39 is 10.0 Å². The molecule has 1 aliphatic heterocycles. The van der Waals surface area contributed by atoms with Crippen molar-refractivity contribution in [1.82, 2.24) is 8.87 Å². The summed E-state index contributed by atoms with van der Waals surface area (Å²) in [5.74, 6) is -0.371. The Morgan fingerprint density at radius 1 is 1.33 bits per heavy atom. The number of amides is 1. The van der Waals surface area contributed by atoms with Crippen LogP contribution in [-0.4, -0.2) is 42.5 Å². The first-order valence-electron chi connectivity index (χ1n) is 7.54. The molecule has 0 unspecified atom stereocenters. The predicted octanol–water partition coefficient (Wildman–Crippen LogP) is 2.10. The Morgan fingerprint density at radius 3 is 2.62 bits per heavy atom. The van der Waals surface area contributed by atoms with Crippen LogP contribution >= 0.6 is 27.3 Å². The van der Waals surface area contributed by atoms with Gasteiger partial charge in [-0.1, -0.05) is 27.3 Å². The third-order valence-corrected chi connectivity index (χ3v) is 7.14. The second-order valence-corrected chi connectivity index (χ2v) is 9.85. The summed E-state index contributed by atoms with van der Waals surface area (Å²) < 4.78 is 28.5. The first kappa shape index (κ1) is 17.8. The van der Waals surface area contributed by atoms with Crippen LogP contribution in [0.5, 0.6) is 0 Å². The molecule has 1 amide bonds. The zero-order valence-corrected chi connectivity index (χ0v) is 16.6. The van der Waals surface area contributed by atoms with Crippen molar-refractivity contribution in [1.29, 1.82) is 0 Å². The van der Waals surface area contributed by atoms with E-state index in [9.17, 15) is 13.2 Å². The average Bonchev–Trinajstić information content (AvgIpc) is 2.82. The molecule has 1 aliphatic rings. The van der Waals surface area contributed by atoms with Crippen molar-refractivity contribution in [3.05, 3.63) is 27.5 Å². The van der Waals surface area contributed by atoms with Gasteiger partial charge in [0.25, 0.3) is 5.91 Å². The monoisotopic (exact) mass is 431 g/mol. The molecule has 0 bridgehead atoms. The number of sulfonamides is 1. The largest absolute Gasteiger partial charge is 0.319 e. The van der Waals surface area contributed by atoms with Gasteiger partial charge in [0, 0.05) is 30.5 Å². The van der Waals surface area contributed by atoms with Gasteiger partial charge >= 0.3 is 0 Å². The van der Waals surface area contributed by atoms with Crippen LogP contribution in [0.1, 0.15) is 12.8 Å². The van der Waals surface area contributed by atoms with Crippen LogP contribution in [0.3, 0.4) is 0 Å². The minimum Gasteiger partial charge on any atom is -0.319 e. The van der Waals surface area contributed by atoms with E-state index in [2.05, 4.69) is 20.9 Å². The number of carbonyl (C=O) groups excluding carboxylic acids is 1. The summed E-state index contributed by atoms with van der Waals surface area (Å²) in [5.41, 5.74) is 1.03. The molecule has 0 radical (unpaired) electrons. The minimum atomic E-state index is -3.18. The number of thiazole rings is 1. The molecule has 0 saturated carbocycles. The summed E-state index contributed by atoms with van der Waals surface area (Å²) in [6.07, 6.45) is 2.25. The Kier molecular flexibility index (Phi) is 4.96. The molecule has 1 fully saturated rings. The highest BCUT2D eigenvalue weighted by Gasteiger charge is 2.28. The molecule has 24 heavy (non-hydrogen) atoms. The van der Waals surface area contributed by atoms with Gasteiger partial charge < -0.3 is 4.57 Å². The number of hydrogen-bond donors (Lipinski definition) is 0. The van der Waals surface area contributed by atoms with Gasteiger partial charge in [-0.2, -0.15) is 4.99 Å². The topological polar surface area (TPSA) is 71.7 Å². The molecule has 6 nitrogen and oxygen atoms in total. The molecule has 1 aromatic carbocycles. The lowest BCUT2D eigenvalue weighted by Gasteiger charge is -2.28.